The number of fused-ring (bicyclic) bond motifs is 1. The van der Waals surface area contributed by atoms with Crippen LogP contribution in [0.2, 0.25) is 0 Å². The third-order valence-corrected chi connectivity index (χ3v) is 5.90. The van der Waals surface area contributed by atoms with Crippen molar-refractivity contribution in [2.75, 3.05) is 38.6 Å². The molecular formula is C21H22FN3O3S. The summed E-state index contributed by atoms with van der Waals surface area (Å²) in [6, 6.07) is 13.2. The normalized spacial score (nSPS) is 16.2. The topological polar surface area (TPSA) is 67.6 Å². The highest BCUT2D eigenvalue weighted by atomic mass is 32.2. The Hall–Kier alpha value is -2.26. The minimum Gasteiger partial charge on any atom is -0.391 e. The number of aliphatic hydroxyl groups is 1. The van der Waals surface area contributed by atoms with Gasteiger partial charge in [-0.25, -0.2) is 9.37 Å². The summed E-state index contributed by atoms with van der Waals surface area (Å²) >= 11 is 1.25. The fourth-order valence-corrected chi connectivity index (χ4v) is 4.28. The molecular weight excluding hydrogens is 393 g/mol. The molecule has 2 aromatic carbocycles. The molecule has 6 nitrogen and oxygen atoms in total. The molecule has 0 radical (unpaired) electrons. The molecule has 152 valence electrons. The average molecular weight is 415 g/mol. The molecule has 1 aliphatic heterocycles. The number of benzene rings is 2. The molecule has 1 aromatic heterocycles. The Labute approximate surface area is 171 Å². The van der Waals surface area contributed by atoms with Gasteiger partial charge in [-0.1, -0.05) is 36.0 Å². The molecule has 0 unspecified atom stereocenters. The highest BCUT2D eigenvalue weighted by Gasteiger charge is 2.19. The second-order valence-electron chi connectivity index (χ2n) is 6.88. The van der Waals surface area contributed by atoms with E-state index in [2.05, 4.69) is 9.88 Å². The molecule has 0 spiro atoms. The maximum Gasteiger partial charge on any atom is 0.266 e. The van der Waals surface area contributed by atoms with Crippen LogP contribution < -0.4 is 5.56 Å². The van der Waals surface area contributed by atoms with E-state index in [-0.39, 0.29) is 11.2 Å². The van der Waals surface area contributed by atoms with Crippen LogP contribution in [0.3, 0.4) is 0 Å². The van der Waals surface area contributed by atoms with Crippen molar-refractivity contribution in [2.24, 2.45) is 0 Å². The Morgan fingerprint density at radius 1 is 1.14 bits per heavy atom. The highest BCUT2D eigenvalue weighted by Crippen LogP contribution is 2.23. The zero-order valence-corrected chi connectivity index (χ0v) is 16.6. The van der Waals surface area contributed by atoms with Crippen LogP contribution in [-0.4, -0.2) is 64.3 Å². The van der Waals surface area contributed by atoms with E-state index in [0.717, 1.165) is 13.1 Å². The summed E-state index contributed by atoms with van der Waals surface area (Å²) in [6.07, 6.45) is -0.601. The van der Waals surface area contributed by atoms with Crippen molar-refractivity contribution < 1.29 is 14.2 Å². The van der Waals surface area contributed by atoms with Gasteiger partial charge in [0.25, 0.3) is 5.56 Å². The molecule has 4 rings (SSSR count). The van der Waals surface area contributed by atoms with Gasteiger partial charge < -0.3 is 9.84 Å². The summed E-state index contributed by atoms with van der Waals surface area (Å²) in [5.41, 5.74) is 0.377. The maximum atomic E-state index is 14.5. The first-order valence-electron chi connectivity index (χ1n) is 9.51. The number of thioether (sulfide) groups is 1. The number of hydrogen-bond donors (Lipinski definition) is 1. The Morgan fingerprint density at radius 3 is 2.66 bits per heavy atom. The van der Waals surface area contributed by atoms with E-state index in [1.807, 2.05) is 6.07 Å². The molecule has 1 atom stereocenters. The number of halogens is 1. The number of hydrogen-bond acceptors (Lipinski definition) is 6. The number of aromatic nitrogens is 2. The van der Waals surface area contributed by atoms with Gasteiger partial charge in [0, 0.05) is 25.4 Å². The molecule has 8 heteroatoms. The van der Waals surface area contributed by atoms with Crippen LogP contribution in [0.15, 0.2) is 58.5 Å². The second-order valence-corrected chi connectivity index (χ2v) is 7.87. The van der Waals surface area contributed by atoms with E-state index in [4.69, 9.17) is 4.74 Å². The van der Waals surface area contributed by atoms with E-state index in [1.54, 1.807) is 36.4 Å². The van der Waals surface area contributed by atoms with Gasteiger partial charge in [0.05, 0.1) is 35.9 Å². The molecule has 0 saturated carbocycles. The molecule has 0 amide bonds. The number of nitrogens with zero attached hydrogens (tertiary/aromatic N) is 3. The van der Waals surface area contributed by atoms with Crippen molar-refractivity contribution in [3.63, 3.8) is 0 Å². The van der Waals surface area contributed by atoms with E-state index >= 15 is 0 Å². The SMILES string of the molecule is O=c1c2ccccc2nc(SC[C@H](O)CN2CCOCC2)n1-c1ccccc1F. The Balaban J connectivity index is 1.64. The van der Waals surface area contributed by atoms with Gasteiger partial charge in [0.1, 0.15) is 5.82 Å². The molecule has 1 N–H and O–H groups in total. The molecule has 0 bridgehead atoms. The molecule has 0 aliphatic carbocycles. The summed E-state index contributed by atoms with van der Waals surface area (Å²) in [5, 5.41) is 11.3. The summed E-state index contributed by atoms with van der Waals surface area (Å²) in [7, 11) is 0. The maximum absolute atomic E-state index is 14.5. The number of rotatable bonds is 6. The van der Waals surface area contributed by atoms with Gasteiger partial charge in [0.15, 0.2) is 5.16 Å². The van der Waals surface area contributed by atoms with Crippen molar-refractivity contribution in [1.82, 2.24) is 14.5 Å². The molecule has 1 saturated heterocycles. The molecule has 29 heavy (non-hydrogen) atoms. The fourth-order valence-electron chi connectivity index (χ4n) is 3.36. The van der Waals surface area contributed by atoms with Crippen molar-refractivity contribution in [2.45, 2.75) is 11.3 Å². The van der Waals surface area contributed by atoms with Crippen LogP contribution in [0.5, 0.6) is 0 Å². The van der Waals surface area contributed by atoms with Crippen molar-refractivity contribution in [3.05, 3.63) is 64.7 Å². The summed E-state index contributed by atoms with van der Waals surface area (Å²) in [6.45, 7) is 3.43. The van der Waals surface area contributed by atoms with Gasteiger partial charge in [-0.2, -0.15) is 0 Å². The summed E-state index contributed by atoms with van der Waals surface area (Å²) in [4.78, 5) is 19.9. The monoisotopic (exact) mass is 415 g/mol. The number of para-hydroxylation sites is 2. The molecule has 2 heterocycles. The van der Waals surface area contributed by atoms with Crippen molar-refractivity contribution in [3.8, 4) is 5.69 Å². The first-order chi connectivity index (χ1) is 14.1. The Bertz CT molecular complexity index is 1050. The van der Waals surface area contributed by atoms with Gasteiger partial charge in [-0.3, -0.25) is 14.3 Å². The van der Waals surface area contributed by atoms with Gasteiger partial charge >= 0.3 is 0 Å². The first-order valence-corrected chi connectivity index (χ1v) is 10.5. The zero-order valence-electron chi connectivity index (χ0n) is 15.8. The minimum absolute atomic E-state index is 0.154. The van der Waals surface area contributed by atoms with E-state index in [0.29, 0.717) is 41.6 Å². The van der Waals surface area contributed by atoms with E-state index in [9.17, 15) is 14.3 Å². The highest BCUT2D eigenvalue weighted by molar-refractivity contribution is 7.99. The predicted molar refractivity (Wildman–Crippen MR) is 111 cm³/mol. The van der Waals surface area contributed by atoms with Gasteiger partial charge in [0.2, 0.25) is 0 Å². The lowest BCUT2D eigenvalue weighted by atomic mass is 10.2. The summed E-state index contributed by atoms with van der Waals surface area (Å²) in [5.74, 6) is -0.154. The van der Waals surface area contributed by atoms with E-state index in [1.165, 1.54) is 22.4 Å². The van der Waals surface area contributed by atoms with Crippen LogP contribution in [0, 0.1) is 5.82 Å². The van der Waals surface area contributed by atoms with Gasteiger partial charge in [-0.05, 0) is 24.3 Å². The molecule has 1 fully saturated rings. The summed E-state index contributed by atoms with van der Waals surface area (Å²) < 4.78 is 21.1. The number of morpholine rings is 1. The quantitative estimate of drug-likeness (QED) is 0.492. The third-order valence-electron chi connectivity index (χ3n) is 4.82. The number of ether oxygens (including phenoxy) is 1. The standard InChI is InChI=1S/C21H22FN3O3S/c22-17-6-2-4-8-19(17)25-20(27)16-5-1-3-7-18(16)23-21(25)29-14-15(26)13-24-9-11-28-12-10-24/h1-8,15,26H,9-14H2/t15-/m1/s1. The van der Waals surface area contributed by atoms with Crippen molar-refractivity contribution in [1.29, 1.82) is 0 Å². The number of β-amino-alcohol motifs (C(OH)–C–C–N with tert-alkyl or cyclic N) is 1. The average Bonchev–Trinajstić information content (AvgIpc) is 2.74. The van der Waals surface area contributed by atoms with Gasteiger partial charge in [-0.15, -0.1) is 0 Å². The smallest absolute Gasteiger partial charge is 0.266 e. The van der Waals surface area contributed by atoms with Crippen LogP contribution in [-0.2, 0) is 4.74 Å². The predicted octanol–water partition coefficient (Wildman–Crippen LogP) is 2.31. The lowest BCUT2D eigenvalue weighted by molar-refractivity contribution is 0.0188. The Kier molecular flexibility index (Phi) is 6.25. The first kappa shape index (κ1) is 20.0. The van der Waals surface area contributed by atoms with Crippen LogP contribution >= 0.6 is 11.8 Å². The number of aliphatic hydroxyl groups excluding tert-OH is 1. The molecule has 1 aliphatic rings. The lowest BCUT2D eigenvalue weighted by Crippen LogP contribution is -2.41. The molecule has 3 aromatic rings. The van der Waals surface area contributed by atoms with Crippen molar-refractivity contribution >= 4 is 22.7 Å². The Morgan fingerprint density at radius 2 is 1.86 bits per heavy atom. The largest absolute Gasteiger partial charge is 0.391 e. The fraction of sp³-hybridized carbons (Fsp3) is 0.333. The van der Waals surface area contributed by atoms with E-state index < -0.39 is 11.9 Å². The third kappa shape index (κ3) is 4.51. The van der Waals surface area contributed by atoms with Crippen LogP contribution in [0.4, 0.5) is 4.39 Å². The minimum atomic E-state index is -0.601. The second kappa shape index (κ2) is 9.04. The van der Waals surface area contributed by atoms with Crippen LogP contribution in [0.25, 0.3) is 16.6 Å². The zero-order chi connectivity index (χ0) is 20.2. The lowest BCUT2D eigenvalue weighted by Gasteiger charge is -2.28. The van der Waals surface area contributed by atoms with Crippen LogP contribution in [0.1, 0.15) is 0 Å².